The van der Waals surface area contributed by atoms with E-state index in [1.807, 2.05) is 0 Å². The lowest BCUT2D eigenvalue weighted by atomic mass is 10.1. The Balaban J connectivity index is 1.61. The summed E-state index contributed by atoms with van der Waals surface area (Å²) in [6, 6.07) is 7.56. The van der Waals surface area contributed by atoms with Crippen molar-refractivity contribution in [3.63, 3.8) is 0 Å². The van der Waals surface area contributed by atoms with Gasteiger partial charge in [0.25, 0.3) is 11.8 Å². The molecule has 1 aromatic heterocycles. The number of benzene rings is 1. The van der Waals surface area contributed by atoms with Gasteiger partial charge in [-0.25, -0.2) is 0 Å². The molecule has 28 heavy (non-hydrogen) atoms. The van der Waals surface area contributed by atoms with Crippen molar-refractivity contribution < 1.29 is 31.9 Å². The van der Waals surface area contributed by atoms with Gasteiger partial charge in [0.2, 0.25) is 0 Å². The van der Waals surface area contributed by atoms with Crippen molar-refractivity contribution >= 4 is 11.8 Å². The zero-order valence-electron chi connectivity index (χ0n) is 15.2. The molecule has 0 bridgehead atoms. The Kier molecular flexibility index (Phi) is 5.73. The van der Waals surface area contributed by atoms with Crippen LogP contribution in [-0.2, 0) is 17.5 Å². The quantitative estimate of drug-likeness (QED) is 0.797. The van der Waals surface area contributed by atoms with Gasteiger partial charge in [-0.2, -0.15) is 13.2 Å². The van der Waals surface area contributed by atoms with E-state index in [0.29, 0.717) is 5.76 Å². The lowest BCUT2D eigenvalue weighted by Gasteiger charge is -2.34. The standard InChI is InChI=1S/C19H19F3N2O4/c1-27-12-15-5-6-16(28-15)18(26)24-9-7-23(8-10-24)17(25)13-3-2-4-14(11-13)19(20,21)22/h2-6,11H,7-10,12H2,1H3. The maximum atomic E-state index is 12.8. The maximum Gasteiger partial charge on any atom is 0.416 e. The Morgan fingerprint density at radius 2 is 1.68 bits per heavy atom. The first-order valence-corrected chi connectivity index (χ1v) is 8.63. The molecule has 1 aliphatic rings. The minimum Gasteiger partial charge on any atom is -0.453 e. The van der Waals surface area contributed by atoms with Gasteiger partial charge in [-0.15, -0.1) is 0 Å². The molecule has 3 rings (SSSR count). The lowest BCUT2D eigenvalue weighted by Crippen LogP contribution is -2.50. The third kappa shape index (κ3) is 4.36. The molecule has 0 unspecified atom stereocenters. The summed E-state index contributed by atoms with van der Waals surface area (Å²) in [5.41, 5.74) is -0.887. The highest BCUT2D eigenvalue weighted by molar-refractivity contribution is 5.95. The number of carbonyl (C=O) groups is 2. The van der Waals surface area contributed by atoms with Gasteiger partial charge in [0.1, 0.15) is 12.4 Å². The summed E-state index contributed by atoms with van der Waals surface area (Å²) in [6.07, 6.45) is -4.51. The molecule has 0 atom stereocenters. The fourth-order valence-electron chi connectivity index (χ4n) is 2.99. The fourth-order valence-corrected chi connectivity index (χ4v) is 2.99. The van der Waals surface area contributed by atoms with Crippen LogP contribution in [0.1, 0.15) is 32.2 Å². The van der Waals surface area contributed by atoms with Crippen molar-refractivity contribution in [3.05, 3.63) is 59.0 Å². The van der Waals surface area contributed by atoms with Gasteiger partial charge in [0.15, 0.2) is 5.76 Å². The van der Waals surface area contributed by atoms with Gasteiger partial charge in [-0.3, -0.25) is 9.59 Å². The van der Waals surface area contributed by atoms with Crippen LogP contribution in [-0.4, -0.2) is 54.9 Å². The van der Waals surface area contributed by atoms with Crippen LogP contribution < -0.4 is 0 Å². The van der Waals surface area contributed by atoms with Gasteiger partial charge in [0, 0.05) is 38.9 Å². The van der Waals surface area contributed by atoms with E-state index in [9.17, 15) is 22.8 Å². The molecule has 1 fully saturated rings. The largest absolute Gasteiger partial charge is 0.453 e. The number of amides is 2. The van der Waals surface area contributed by atoms with E-state index in [0.717, 1.165) is 12.1 Å². The Labute approximate surface area is 159 Å². The van der Waals surface area contributed by atoms with Crippen molar-refractivity contribution in [3.8, 4) is 0 Å². The molecule has 0 spiro atoms. The summed E-state index contributed by atoms with van der Waals surface area (Å²) in [7, 11) is 1.52. The first-order chi connectivity index (χ1) is 13.3. The van der Waals surface area contributed by atoms with Crippen LogP contribution in [0.2, 0.25) is 0 Å². The number of hydrogen-bond acceptors (Lipinski definition) is 4. The zero-order chi connectivity index (χ0) is 20.3. The van der Waals surface area contributed by atoms with Crippen LogP contribution in [0.5, 0.6) is 0 Å². The van der Waals surface area contributed by atoms with Crippen molar-refractivity contribution in [1.29, 1.82) is 0 Å². The molecular weight excluding hydrogens is 377 g/mol. The van der Waals surface area contributed by atoms with E-state index in [-0.39, 0.29) is 50.0 Å². The van der Waals surface area contributed by atoms with Gasteiger partial charge < -0.3 is 19.0 Å². The minimum absolute atomic E-state index is 0.0233. The predicted molar refractivity (Wildman–Crippen MR) is 92.7 cm³/mol. The molecule has 9 heteroatoms. The van der Waals surface area contributed by atoms with Crippen LogP contribution in [0.3, 0.4) is 0 Å². The number of ether oxygens (including phenoxy) is 1. The van der Waals surface area contributed by atoms with E-state index < -0.39 is 17.6 Å². The van der Waals surface area contributed by atoms with E-state index in [4.69, 9.17) is 9.15 Å². The summed E-state index contributed by atoms with van der Waals surface area (Å²) in [4.78, 5) is 28.0. The number of alkyl halides is 3. The molecule has 150 valence electrons. The normalized spacial score (nSPS) is 15.0. The zero-order valence-corrected chi connectivity index (χ0v) is 15.2. The number of piperazine rings is 1. The number of rotatable bonds is 4. The Bertz CT molecular complexity index is 855. The first kappa shape index (κ1) is 19.9. The third-order valence-electron chi connectivity index (χ3n) is 4.45. The minimum atomic E-state index is -4.51. The average molecular weight is 396 g/mol. The van der Waals surface area contributed by atoms with E-state index >= 15 is 0 Å². The molecule has 1 saturated heterocycles. The Hall–Kier alpha value is -2.81. The van der Waals surface area contributed by atoms with Crippen molar-refractivity contribution in [2.24, 2.45) is 0 Å². The van der Waals surface area contributed by atoms with Gasteiger partial charge in [-0.1, -0.05) is 6.07 Å². The second-order valence-corrected chi connectivity index (χ2v) is 6.36. The Morgan fingerprint density at radius 3 is 2.29 bits per heavy atom. The van der Waals surface area contributed by atoms with Crippen molar-refractivity contribution in [2.75, 3.05) is 33.3 Å². The number of hydrogen-bond donors (Lipinski definition) is 0. The predicted octanol–water partition coefficient (Wildman–Crippen LogP) is 3.04. The van der Waals surface area contributed by atoms with Crippen LogP contribution in [0, 0.1) is 0 Å². The van der Waals surface area contributed by atoms with Crippen LogP contribution in [0.25, 0.3) is 0 Å². The summed E-state index contributed by atoms with van der Waals surface area (Å²) in [5.74, 6) is -0.0685. The van der Waals surface area contributed by atoms with Crippen LogP contribution in [0.15, 0.2) is 40.8 Å². The number of nitrogens with zero attached hydrogens (tertiary/aromatic N) is 2. The van der Waals surface area contributed by atoms with Crippen LogP contribution in [0.4, 0.5) is 13.2 Å². The highest BCUT2D eigenvalue weighted by Crippen LogP contribution is 2.29. The fraction of sp³-hybridized carbons (Fsp3) is 0.368. The summed E-state index contributed by atoms with van der Waals surface area (Å²) >= 11 is 0. The topological polar surface area (TPSA) is 63.0 Å². The highest BCUT2D eigenvalue weighted by atomic mass is 19.4. The Morgan fingerprint density at radius 1 is 1.04 bits per heavy atom. The van der Waals surface area contributed by atoms with Gasteiger partial charge in [0.05, 0.1) is 5.56 Å². The summed E-state index contributed by atoms with van der Waals surface area (Å²) in [5, 5.41) is 0. The molecule has 2 amide bonds. The maximum absolute atomic E-state index is 12.8. The number of methoxy groups -OCH3 is 1. The molecule has 2 heterocycles. The molecule has 2 aromatic rings. The molecule has 1 aliphatic heterocycles. The molecule has 0 radical (unpaired) electrons. The molecule has 0 saturated carbocycles. The monoisotopic (exact) mass is 396 g/mol. The highest BCUT2D eigenvalue weighted by Gasteiger charge is 2.32. The third-order valence-corrected chi connectivity index (χ3v) is 4.45. The SMILES string of the molecule is COCc1ccc(C(=O)N2CCN(C(=O)c3cccc(C(F)(F)F)c3)CC2)o1. The molecule has 0 aliphatic carbocycles. The van der Waals surface area contributed by atoms with Gasteiger partial charge in [-0.05, 0) is 30.3 Å². The average Bonchev–Trinajstić information content (AvgIpc) is 3.15. The number of carbonyl (C=O) groups excluding carboxylic acids is 2. The van der Waals surface area contributed by atoms with Crippen molar-refractivity contribution in [2.45, 2.75) is 12.8 Å². The second-order valence-electron chi connectivity index (χ2n) is 6.36. The lowest BCUT2D eigenvalue weighted by molar-refractivity contribution is -0.137. The van der Waals surface area contributed by atoms with E-state index in [1.165, 1.54) is 24.1 Å². The molecule has 1 aromatic carbocycles. The summed E-state index contributed by atoms with van der Waals surface area (Å²) < 4.78 is 48.9. The molecular formula is C19H19F3N2O4. The van der Waals surface area contributed by atoms with E-state index in [2.05, 4.69) is 0 Å². The van der Waals surface area contributed by atoms with E-state index in [1.54, 1.807) is 17.0 Å². The number of halogens is 3. The van der Waals surface area contributed by atoms with Crippen LogP contribution >= 0.6 is 0 Å². The molecule has 0 N–H and O–H groups in total. The first-order valence-electron chi connectivity index (χ1n) is 8.63. The smallest absolute Gasteiger partial charge is 0.416 e. The second kappa shape index (κ2) is 8.05. The summed E-state index contributed by atoms with van der Waals surface area (Å²) in [6.45, 7) is 1.25. The molecule has 6 nitrogen and oxygen atoms in total. The van der Waals surface area contributed by atoms with Gasteiger partial charge >= 0.3 is 6.18 Å². The number of furan rings is 1. The van der Waals surface area contributed by atoms with Crippen molar-refractivity contribution in [1.82, 2.24) is 9.80 Å².